The van der Waals surface area contributed by atoms with Gasteiger partial charge >= 0.3 is 0 Å². The van der Waals surface area contributed by atoms with E-state index in [0.29, 0.717) is 12.3 Å². The first-order valence-electron chi connectivity index (χ1n) is 7.11. The molecule has 2 aromatic carbocycles. The van der Waals surface area contributed by atoms with Gasteiger partial charge < -0.3 is 14.7 Å². The molecule has 1 aliphatic rings. The normalized spacial score (nSPS) is 14.2. The summed E-state index contributed by atoms with van der Waals surface area (Å²) >= 11 is 0. The topological polar surface area (TPSA) is 32.7 Å². The summed E-state index contributed by atoms with van der Waals surface area (Å²) in [4.78, 5) is 2.17. The zero-order chi connectivity index (χ0) is 14.7. The average molecular weight is 324 g/mol. The van der Waals surface area contributed by atoms with Crippen LogP contribution in [-0.4, -0.2) is 30.9 Å². The highest BCUT2D eigenvalue weighted by Gasteiger charge is 2.20. The highest BCUT2D eigenvalue weighted by atomic mass is 35.5. The lowest BCUT2D eigenvalue weighted by Crippen LogP contribution is -2.34. The van der Waals surface area contributed by atoms with Gasteiger partial charge in [-0.25, -0.2) is 4.39 Å². The molecule has 1 N–H and O–H groups in total. The minimum atomic E-state index is -0.582. The third-order valence-corrected chi connectivity index (χ3v) is 3.67. The Morgan fingerprint density at radius 1 is 1.14 bits per heavy atom. The van der Waals surface area contributed by atoms with Crippen LogP contribution in [0.4, 0.5) is 10.1 Å². The van der Waals surface area contributed by atoms with Crippen molar-refractivity contribution in [3.8, 4) is 5.75 Å². The number of β-amino-alcohol motifs (C(OH)–C–C–N with tert-alkyl or cyclic N) is 1. The zero-order valence-corrected chi connectivity index (χ0v) is 12.9. The number of hydrogen-bond acceptors (Lipinski definition) is 3. The second-order valence-electron chi connectivity index (χ2n) is 5.24. The van der Waals surface area contributed by atoms with Crippen LogP contribution in [0.25, 0.3) is 0 Å². The van der Waals surface area contributed by atoms with Crippen molar-refractivity contribution < 1.29 is 14.2 Å². The maximum atomic E-state index is 12.8. The molecule has 5 heteroatoms. The third-order valence-electron chi connectivity index (χ3n) is 3.67. The van der Waals surface area contributed by atoms with Crippen LogP contribution in [0.2, 0.25) is 0 Å². The highest BCUT2D eigenvalue weighted by Crippen LogP contribution is 2.27. The fraction of sp³-hybridized carbons (Fsp3) is 0.294. The first-order chi connectivity index (χ1) is 10.2. The molecule has 1 aliphatic heterocycles. The molecule has 22 heavy (non-hydrogen) atoms. The van der Waals surface area contributed by atoms with Gasteiger partial charge in [-0.1, -0.05) is 18.2 Å². The summed E-state index contributed by atoms with van der Waals surface area (Å²) in [5.41, 5.74) is 2.52. The molecule has 2 aromatic rings. The van der Waals surface area contributed by atoms with Crippen LogP contribution in [0.15, 0.2) is 48.5 Å². The number of hydrogen-bond donors (Lipinski definition) is 1. The molecule has 3 rings (SSSR count). The lowest BCUT2D eigenvalue weighted by molar-refractivity contribution is 0.112. The number of anilines is 1. The van der Waals surface area contributed by atoms with Crippen LogP contribution in [0, 0.1) is 5.82 Å². The van der Waals surface area contributed by atoms with Crippen LogP contribution in [0.1, 0.15) is 5.56 Å². The Kier molecular flexibility index (Phi) is 5.63. The molecule has 0 radical (unpaired) electrons. The molecule has 0 aliphatic carbocycles. The molecular weight excluding hydrogens is 305 g/mol. The predicted octanol–water partition coefficient (Wildman–Crippen LogP) is 3.05. The molecule has 3 nitrogen and oxygen atoms in total. The van der Waals surface area contributed by atoms with Gasteiger partial charge in [0.1, 0.15) is 24.3 Å². The van der Waals surface area contributed by atoms with Gasteiger partial charge in [-0.15, -0.1) is 12.4 Å². The monoisotopic (exact) mass is 323 g/mol. The van der Waals surface area contributed by atoms with Crippen LogP contribution in [0.3, 0.4) is 0 Å². The van der Waals surface area contributed by atoms with Gasteiger partial charge in [0, 0.05) is 18.8 Å². The second kappa shape index (κ2) is 7.47. The molecule has 0 amide bonds. The van der Waals surface area contributed by atoms with Crippen molar-refractivity contribution in [3.63, 3.8) is 0 Å². The van der Waals surface area contributed by atoms with E-state index < -0.39 is 6.10 Å². The van der Waals surface area contributed by atoms with E-state index in [1.807, 2.05) is 12.1 Å². The standard InChI is InChI=1S/C17H18FNO2.ClH/c18-14-5-7-16(8-6-14)21-12-15(20)11-19-10-9-13-3-1-2-4-17(13)19;/h1-8,15,20H,9-12H2;1H. The first kappa shape index (κ1) is 16.6. The Morgan fingerprint density at radius 2 is 1.86 bits per heavy atom. The van der Waals surface area contributed by atoms with E-state index in [9.17, 15) is 9.50 Å². The molecule has 0 bridgehead atoms. The quantitative estimate of drug-likeness (QED) is 0.918. The van der Waals surface area contributed by atoms with Crippen molar-refractivity contribution >= 4 is 18.1 Å². The maximum absolute atomic E-state index is 12.8. The van der Waals surface area contributed by atoms with Crippen LogP contribution >= 0.6 is 12.4 Å². The number of nitrogens with zero attached hydrogens (tertiary/aromatic N) is 1. The molecule has 0 saturated carbocycles. The summed E-state index contributed by atoms with van der Waals surface area (Å²) < 4.78 is 18.3. The van der Waals surface area contributed by atoms with Gasteiger partial charge in [0.2, 0.25) is 0 Å². The van der Waals surface area contributed by atoms with E-state index in [2.05, 4.69) is 17.0 Å². The van der Waals surface area contributed by atoms with Gasteiger partial charge in [-0.2, -0.15) is 0 Å². The first-order valence-corrected chi connectivity index (χ1v) is 7.11. The molecular formula is C17H19ClFNO2. The summed E-state index contributed by atoms with van der Waals surface area (Å²) in [6.45, 7) is 1.66. The minimum Gasteiger partial charge on any atom is -0.491 e. The van der Waals surface area contributed by atoms with E-state index in [4.69, 9.17) is 4.74 Å². The predicted molar refractivity (Wildman–Crippen MR) is 87.5 cm³/mol. The smallest absolute Gasteiger partial charge is 0.123 e. The lowest BCUT2D eigenvalue weighted by Gasteiger charge is -2.23. The summed E-state index contributed by atoms with van der Waals surface area (Å²) in [7, 11) is 0. The van der Waals surface area contributed by atoms with Crippen molar-refractivity contribution in [1.82, 2.24) is 0 Å². The minimum absolute atomic E-state index is 0. The van der Waals surface area contributed by atoms with Crippen molar-refractivity contribution in [2.24, 2.45) is 0 Å². The number of ether oxygens (including phenoxy) is 1. The highest BCUT2D eigenvalue weighted by molar-refractivity contribution is 5.85. The lowest BCUT2D eigenvalue weighted by atomic mass is 10.2. The summed E-state index contributed by atoms with van der Waals surface area (Å²) in [5.74, 6) is 0.272. The SMILES string of the molecule is Cl.OC(COc1ccc(F)cc1)CN1CCc2ccccc21. The van der Waals surface area contributed by atoms with Gasteiger partial charge in [0.25, 0.3) is 0 Å². The van der Waals surface area contributed by atoms with E-state index in [0.717, 1.165) is 13.0 Å². The Hall–Kier alpha value is -1.78. The van der Waals surface area contributed by atoms with Crippen molar-refractivity contribution in [1.29, 1.82) is 0 Å². The molecule has 0 aromatic heterocycles. The summed E-state index contributed by atoms with van der Waals surface area (Å²) in [5, 5.41) is 10.1. The number of benzene rings is 2. The van der Waals surface area contributed by atoms with Gasteiger partial charge in [-0.3, -0.25) is 0 Å². The fourth-order valence-electron chi connectivity index (χ4n) is 2.63. The summed E-state index contributed by atoms with van der Waals surface area (Å²) in [6, 6.07) is 14.1. The maximum Gasteiger partial charge on any atom is 0.123 e. The number of para-hydroxylation sites is 1. The molecule has 1 atom stereocenters. The van der Waals surface area contributed by atoms with E-state index in [1.165, 1.54) is 23.4 Å². The van der Waals surface area contributed by atoms with Gasteiger partial charge in [-0.05, 0) is 42.3 Å². The van der Waals surface area contributed by atoms with Crippen molar-refractivity contribution in [2.75, 3.05) is 24.6 Å². The molecule has 118 valence electrons. The second-order valence-corrected chi connectivity index (χ2v) is 5.24. The Bertz CT molecular complexity index is 606. The Morgan fingerprint density at radius 3 is 2.64 bits per heavy atom. The average Bonchev–Trinajstić information content (AvgIpc) is 2.90. The van der Waals surface area contributed by atoms with Crippen LogP contribution in [0.5, 0.6) is 5.75 Å². The zero-order valence-electron chi connectivity index (χ0n) is 12.1. The fourth-order valence-corrected chi connectivity index (χ4v) is 2.63. The van der Waals surface area contributed by atoms with Gasteiger partial charge in [0.05, 0.1) is 0 Å². The molecule has 1 unspecified atom stereocenters. The van der Waals surface area contributed by atoms with Crippen molar-refractivity contribution in [3.05, 3.63) is 59.9 Å². The Balaban J connectivity index is 0.00000176. The summed E-state index contributed by atoms with van der Waals surface area (Å²) in [6.07, 6.45) is 0.433. The van der Waals surface area contributed by atoms with Crippen LogP contribution in [-0.2, 0) is 6.42 Å². The van der Waals surface area contributed by atoms with E-state index in [1.54, 1.807) is 12.1 Å². The van der Waals surface area contributed by atoms with Crippen LogP contribution < -0.4 is 9.64 Å². The van der Waals surface area contributed by atoms with E-state index in [-0.39, 0.29) is 24.8 Å². The third kappa shape index (κ3) is 3.90. The molecule has 0 spiro atoms. The van der Waals surface area contributed by atoms with Gasteiger partial charge in [0.15, 0.2) is 0 Å². The molecule has 0 fully saturated rings. The largest absolute Gasteiger partial charge is 0.491 e. The van der Waals surface area contributed by atoms with Crippen molar-refractivity contribution in [2.45, 2.75) is 12.5 Å². The van der Waals surface area contributed by atoms with E-state index >= 15 is 0 Å². The number of fused-ring (bicyclic) bond motifs is 1. The number of halogens is 2. The number of aliphatic hydroxyl groups excluding tert-OH is 1. The Labute approximate surface area is 135 Å². The molecule has 1 heterocycles. The number of rotatable bonds is 5. The number of aliphatic hydroxyl groups is 1. The molecule has 0 saturated heterocycles.